The van der Waals surface area contributed by atoms with Crippen LogP contribution in [0.3, 0.4) is 0 Å². The van der Waals surface area contributed by atoms with Gasteiger partial charge in [0.2, 0.25) is 5.91 Å². The summed E-state index contributed by atoms with van der Waals surface area (Å²) in [4.78, 5) is 13.5. The van der Waals surface area contributed by atoms with E-state index in [1.54, 1.807) is 0 Å². The fourth-order valence-electron chi connectivity index (χ4n) is 2.48. The van der Waals surface area contributed by atoms with Gasteiger partial charge in [-0.2, -0.15) is 0 Å². The first kappa shape index (κ1) is 11.8. The Morgan fingerprint density at radius 3 is 3.12 bits per heavy atom. The van der Waals surface area contributed by atoms with Gasteiger partial charge >= 0.3 is 0 Å². The molecule has 2 heterocycles. The molecule has 2 atom stereocenters. The maximum atomic E-state index is 11.3. The molecule has 2 saturated heterocycles. The van der Waals surface area contributed by atoms with Gasteiger partial charge in [-0.15, -0.1) is 0 Å². The van der Waals surface area contributed by atoms with E-state index < -0.39 is 0 Å². The molecule has 2 unspecified atom stereocenters. The number of hydrogen-bond donors (Lipinski definition) is 2. The molecule has 1 amide bonds. The van der Waals surface area contributed by atoms with Crippen molar-refractivity contribution in [1.29, 1.82) is 0 Å². The first-order chi connectivity index (χ1) is 7.77. The topological polar surface area (TPSA) is 67.6 Å². The molecule has 2 aliphatic heterocycles. The molecule has 2 aliphatic rings. The Hall–Kier alpha value is -0.650. The van der Waals surface area contributed by atoms with Crippen LogP contribution in [-0.4, -0.2) is 55.7 Å². The number of rotatable bonds is 4. The standard InChI is InChI=1S/C11H21N3O2/c12-11(15)10-8-13-4-6-14(10)5-3-9-2-1-7-16-9/h9-10,13H,1-8H2,(H2,12,15). The van der Waals surface area contributed by atoms with Gasteiger partial charge in [-0.3, -0.25) is 9.69 Å². The van der Waals surface area contributed by atoms with Crippen LogP contribution in [0.15, 0.2) is 0 Å². The summed E-state index contributed by atoms with van der Waals surface area (Å²) in [5, 5.41) is 3.20. The number of hydrogen-bond acceptors (Lipinski definition) is 4. The van der Waals surface area contributed by atoms with Crippen LogP contribution >= 0.6 is 0 Å². The van der Waals surface area contributed by atoms with Crippen LogP contribution in [-0.2, 0) is 9.53 Å². The minimum atomic E-state index is -0.223. The van der Waals surface area contributed by atoms with Crippen molar-refractivity contribution in [3.8, 4) is 0 Å². The smallest absolute Gasteiger partial charge is 0.236 e. The Labute approximate surface area is 96.3 Å². The zero-order chi connectivity index (χ0) is 11.4. The highest BCUT2D eigenvalue weighted by Gasteiger charge is 2.27. The number of carbonyl (C=O) groups excluding carboxylic acids is 1. The van der Waals surface area contributed by atoms with E-state index in [0.29, 0.717) is 12.6 Å². The van der Waals surface area contributed by atoms with Crippen molar-refractivity contribution in [1.82, 2.24) is 10.2 Å². The second-order valence-corrected chi connectivity index (χ2v) is 4.58. The molecular weight excluding hydrogens is 206 g/mol. The molecule has 0 aromatic rings. The number of nitrogens with two attached hydrogens (primary N) is 1. The van der Waals surface area contributed by atoms with E-state index in [2.05, 4.69) is 10.2 Å². The van der Waals surface area contributed by atoms with Gasteiger partial charge in [-0.25, -0.2) is 0 Å². The zero-order valence-electron chi connectivity index (χ0n) is 9.65. The predicted octanol–water partition coefficient (Wildman–Crippen LogP) is -0.685. The Morgan fingerprint density at radius 1 is 1.56 bits per heavy atom. The van der Waals surface area contributed by atoms with E-state index in [0.717, 1.165) is 39.1 Å². The lowest BCUT2D eigenvalue weighted by Crippen LogP contribution is -2.57. The van der Waals surface area contributed by atoms with E-state index in [-0.39, 0.29) is 11.9 Å². The summed E-state index contributed by atoms with van der Waals surface area (Å²) in [7, 11) is 0. The van der Waals surface area contributed by atoms with Gasteiger partial charge < -0.3 is 15.8 Å². The predicted molar refractivity (Wildman–Crippen MR) is 61.0 cm³/mol. The van der Waals surface area contributed by atoms with Crippen LogP contribution in [0.25, 0.3) is 0 Å². The average Bonchev–Trinajstić information content (AvgIpc) is 2.79. The molecule has 0 aliphatic carbocycles. The maximum Gasteiger partial charge on any atom is 0.236 e. The second-order valence-electron chi connectivity index (χ2n) is 4.58. The van der Waals surface area contributed by atoms with Crippen LogP contribution in [0.1, 0.15) is 19.3 Å². The molecule has 0 aromatic heterocycles. The van der Waals surface area contributed by atoms with Crippen molar-refractivity contribution in [3.63, 3.8) is 0 Å². The van der Waals surface area contributed by atoms with Crippen LogP contribution in [0.2, 0.25) is 0 Å². The first-order valence-electron chi connectivity index (χ1n) is 6.13. The summed E-state index contributed by atoms with van der Waals surface area (Å²) >= 11 is 0. The molecule has 5 nitrogen and oxygen atoms in total. The van der Waals surface area contributed by atoms with Crippen LogP contribution in [0.5, 0.6) is 0 Å². The van der Waals surface area contributed by atoms with Gasteiger partial charge in [-0.1, -0.05) is 0 Å². The molecular formula is C11H21N3O2. The highest BCUT2D eigenvalue weighted by Crippen LogP contribution is 2.16. The van der Waals surface area contributed by atoms with Gasteiger partial charge in [0.1, 0.15) is 6.04 Å². The van der Waals surface area contributed by atoms with Crippen molar-refractivity contribution < 1.29 is 9.53 Å². The third-order valence-corrected chi connectivity index (χ3v) is 3.44. The first-order valence-corrected chi connectivity index (χ1v) is 6.13. The zero-order valence-corrected chi connectivity index (χ0v) is 9.65. The molecule has 2 fully saturated rings. The highest BCUT2D eigenvalue weighted by molar-refractivity contribution is 5.80. The van der Waals surface area contributed by atoms with E-state index in [1.165, 1.54) is 6.42 Å². The molecule has 5 heteroatoms. The van der Waals surface area contributed by atoms with Gasteiger partial charge in [0.15, 0.2) is 0 Å². The van der Waals surface area contributed by atoms with Gasteiger partial charge in [0.25, 0.3) is 0 Å². The number of piperazine rings is 1. The van der Waals surface area contributed by atoms with Crippen molar-refractivity contribution in [3.05, 3.63) is 0 Å². The summed E-state index contributed by atoms with van der Waals surface area (Å²) in [5.41, 5.74) is 5.39. The lowest BCUT2D eigenvalue weighted by atomic mass is 10.1. The van der Waals surface area contributed by atoms with Gasteiger partial charge in [-0.05, 0) is 19.3 Å². The summed E-state index contributed by atoms with van der Waals surface area (Å²) in [6.07, 6.45) is 3.74. The maximum absolute atomic E-state index is 11.3. The summed E-state index contributed by atoms with van der Waals surface area (Å²) in [5.74, 6) is -0.223. The molecule has 0 saturated carbocycles. The molecule has 3 N–H and O–H groups in total. The fraction of sp³-hybridized carbons (Fsp3) is 0.909. The van der Waals surface area contributed by atoms with Crippen molar-refractivity contribution in [2.45, 2.75) is 31.4 Å². The van der Waals surface area contributed by atoms with E-state index in [1.807, 2.05) is 0 Å². The number of nitrogens with one attached hydrogen (secondary N) is 1. The van der Waals surface area contributed by atoms with Crippen molar-refractivity contribution >= 4 is 5.91 Å². The van der Waals surface area contributed by atoms with E-state index >= 15 is 0 Å². The monoisotopic (exact) mass is 227 g/mol. The number of amides is 1. The number of nitrogens with zero attached hydrogens (tertiary/aromatic N) is 1. The number of primary amides is 1. The van der Waals surface area contributed by atoms with Crippen LogP contribution < -0.4 is 11.1 Å². The van der Waals surface area contributed by atoms with Gasteiger partial charge in [0, 0.05) is 32.8 Å². The Kier molecular flexibility index (Phi) is 4.15. The molecule has 0 aromatic carbocycles. The highest BCUT2D eigenvalue weighted by atomic mass is 16.5. The summed E-state index contributed by atoms with van der Waals surface area (Å²) in [6.45, 7) is 4.34. The molecule has 16 heavy (non-hydrogen) atoms. The second kappa shape index (κ2) is 5.61. The average molecular weight is 227 g/mol. The third-order valence-electron chi connectivity index (χ3n) is 3.44. The minimum absolute atomic E-state index is 0.143. The third kappa shape index (κ3) is 2.93. The Morgan fingerprint density at radius 2 is 2.44 bits per heavy atom. The molecule has 0 bridgehead atoms. The lowest BCUT2D eigenvalue weighted by Gasteiger charge is -2.34. The number of carbonyl (C=O) groups is 1. The number of ether oxygens (including phenoxy) is 1. The minimum Gasteiger partial charge on any atom is -0.378 e. The van der Waals surface area contributed by atoms with Crippen LogP contribution in [0.4, 0.5) is 0 Å². The molecule has 2 rings (SSSR count). The summed E-state index contributed by atoms with van der Waals surface area (Å²) in [6, 6.07) is -0.143. The quantitative estimate of drug-likeness (QED) is 0.667. The Balaban J connectivity index is 1.78. The summed E-state index contributed by atoms with van der Waals surface area (Å²) < 4.78 is 5.58. The molecule has 92 valence electrons. The SMILES string of the molecule is NC(=O)C1CNCCN1CCC1CCCO1. The van der Waals surface area contributed by atoms with E-state index in [9.17, 15) is 4.79 Å². The fourth-order valence-corrected chi connectivity index (χ4v) is 2.48. The largest absolute Gasteiger partial charge is 0.378 e. The van der Waals surface area contributed by atoms with Crippen molar-refractivity contribution in [2.24, 2.45) is 5.73 Å². The lowest BCUT2D eigenvalue weighted by molar-refractivity contribution is -0.124. The van der Waals surface area contributed by atoms with Gasteiger partial charge in [0.05, 0.1) is 6.10 Å². The molecule has 0 radical (unpaired) electrons. The van der Waals surface area contributed by atoms with Crippen LogP contribution in [0, 0.1) is 0 Å². The molecule has 0 spiro atoms. The normalized spacial score (nSPS) is 31.8. The van der Waals surface area contributed by atoms with E-state index in [4.69, 9.17) is 10.5 Å². The van der Waals surface area contributed by atoms with Crippen molar-refractivity contribution in [2.75, 3.05) is 32.8 Å². The Bertz CT molecular complexity index is 241.